The molecule has 1 aliphatic rings. The first-order valence-corrected chi connectivity index (χ1v) is 13.7. The zero-order valence-corrected chi connectivity index (χ0v) is 24.5. The molecule has 4 aromatic rings. The van der Waals surface area contributed by atoms with Gasteiger partial charge in [0.15, 0.2) is 5.69 Å². The lowest BCUT2D eigenvalue weighted by Gasteiger charge is -2.16. The van der Waals surface area contributed by atoms with Gasteiger partial charge in [-0.25, -0.2) is 19.6 Å². The highest BCUT2D eigenvalue weighted by atomic mass is 19.4. The highest BCUT2D eigenvalue weighted by Gasteiger charge is 2.38. The van der Waals surface area contributed by atoms with Crippen LogP contribution in [-0.2, 0) is 22.5 Å². The topological polar surface area (TPSA) is 202 Å². The number of hydrogen-bond acceptors (Lipinski definition) is 10. The summed E-state index contributed by atoms with van der Waals surface area (Å²) in [4.78, 5) is 58.4. The molecule has 3 N–H and O–H groups in total. The Morgan fingerprint density at radius 1 is 1.21 bits per heavy atom. The molecule has 3 heterocycles. The Bertz CT molecular complexity index is 1920. The zero-order valence-electron chi connectivity index (χ0n) is 24.5. The van der Waals surface area contributed by atoms with Crippen molar-refractivity contribution in [1.29, 1.82) is 5.26 Å². The van der Waals surface area contributed by atoms with E-state index in [1.54, 1.807) is 17.5 Å². The summed E-state index contributed by atoms with van der Waals surface area (Å²) in [6.07, 6.45) is 0.423. The van der Waals surface area contributed by atoms with E-state index in [-0.39, 0.29) is 42.1 Å². The van der Waals surface area contributed by atoms with Crippen LogP contribution < -0.4 is 10.6 Å². The van der Waals surface area contributed by atoms with Crippen LogP contribution >= 0.6 is 0 Å². The van der Waals surface area contributed by atoms with Gasteiger partial charge in [0.1, 0.15) is 30.4 Å². The average Bonchev–Trinajstić information content (AvgIpc) is 3.69. The summed E-state index contributed by atoms with van der Waals surface area (Å²) in [6, 6.07) is 8.83. The smallest absolute Gasteiger partial charge is 0.471 e. The van der Waals surface area contributed by atoms with E-state index in [2.05, 4.69) is 31.9 Å². The van der Waals surface area contributed by atoms with Crippen molar-refractivity contribution in [3.63, 3.8) is 0 Å². The number of rotatable bonds is 8. The van der Waals surface area contributed by atoms with E-state index >= 15 is 0 Å². The molecule has 1 aromatic carbocycles. The second-order valence-electron chi connectivity index (χ2n) is 9.90. The number of hydrogen-bond donors (Lipinski definition) is 3. The first kappa shape index (κ1) is 33.7. The summed E-state index contributed by atoms with van der Waals surface area (Å²) in [7, 11) is 0. The van der Waals surface area contributed by atoms with Crippen LogP contribution in [0.25, 0.3) is 5.78 Å². The Balaban J connectivity index is 0.000000264. The lowest BCUT2D eigenvalue weighted by Crippen LogP contribution is -2.36. The molecule has 0 bridgehead atoms. The average molecular weight is 651 g/mol. The van der Waals surface area contributed by atoms with Gasteiger partial charge in [0.2, 0.25) is 0 Å². The molecule has 0 unspecified atom stereocenters. The van der Waals surface area contributed by atoms with Crippen LogP contribution in [0.15, 0.2) is 55.5 Å². The van der Waals surface area contributed by atoms with Crippen LogP contribution in [0.5, 0.6) is 0 Å². The summed E-state index contributed by atoms with van der Waals surface area (Å²) in [5.74, 6) is -4.17. The minimum Gasteiger partial charge on any atom is -0.477 e. The van der Waals surface area contributed by atoms with Crippen molar-refractivity contribution >= 4 is 29.5 Å². The van der Waals surface area contributed by atoms with Crippen LogP contribution in [0.1, 0.15) is 71.7 Å². The number of esters is 1. The van der Waals surface area contributed by atoms with Crippen molar-refractivity contribution in [3.8, 4) is 6.07 Å². The molecule has 1 aliphatic carbocycles. The fourth-order valence-electron chi connectivity index (χ4n) is 4.71. The number of carbonyl (C=O) groups excluding carboxylic acids is 3. The van der Waals surface area contributed by atoms with Gasteiger partial charge in [-0.1, -0.05) is 18.7 Å². The second-order valence-corrected chi connectivity index (χ2v) is 9.90. The van der Waals surface area contributed by atoms with Crippen LogP contribution in [0.3, 0.4) is 0 Å². The molecule has 47 heavy (non-hydrogen) atoms. The predicted octanol–water partition coefficient (Wildman–Crippen LogP) is 3.02. The minimum absolute atomic E-state index is 0.0229. The van der Waals surface area contributed by atoms with E-state index < -0.39 is 29.9 Å². The minimum atomic E-state index is -4.90. The summed E-state index contributed by atoms with van der Waals surface area (Å²) in [5, 5.41) is 26.3. The van der Waals surface area contributed by atoms with Crippen molar-refractivity contribution in [2.24, 2.45) is 0 Å². The maximum atomic E-state index is 13.0. The third-order valence-electron chi connectivity index (χ3n) is 6.90. The number of ether oxygens (including phenoxy) is 1. The molecular formula is C30H25F3N8O6. The van der Waals surface area contributed by atoms with E-state index in [4.69, 9.17) is 10.00 Å². The molecule has 0 saturated heterocycles. The molecular weight excluding hydrogens is 625 g/mol. The number of aromatic nitrogens is 5. The number of amides is 2. The molecule has 0 radical (unpaired) electrons. The van der Waals surface area contributed by atoms with Crippen molar-refractivity contribution in [2.75, 3.05) is 6.61 Å². The molecule has 0 fully saturated rings. The molecule has 0 spiro atoms. The summed E-state index contributed by atoms with van der Waals surface area (Å²) in [6.45, 7) is 5.23. The summed E-state index contributed by atoms with van der Waals surface area (Å²) in [5.41, 5.74) is 3.39. The van der Waals surface area contributed by atoms with E-state index in [0.717, 1.165) is 16.7 Å². The number of carbonyl (C=O) groups is 4. The number of nitrogens with one attached hydrogen (secondary N) is 2. The first-order valence-electron chi connectivity index (χ1n) is 13.7. The fraction of sp³-hybridized carbons (Fsp3) is 0.233. The number of carboxylic acids is 1. The molecule has 17 heteroatoms. The van der Waals surface area contributed by atoms with E-state index in [9.17, 15) is 37.5 Å². The summed E-state index contributed by atoms with van der Waals surface area (Å²) >= 11 is 0. The Labute approximate surface area is 263 Å². The Morgan fingerprint density at radius 2 is 1.98 bits per heavy atom. The molecule has 0 aliphatic heterocycles. The number of halogens is 3. The third kappa shape index (κ3) is 7.92. The van der Waals surface area contributed by atoms with E-state index in [0.29, 0.717) is 24.0 Å². The fourth-order valence-corrected chi connectivity index (χ4v) is 4.71. The molecule has 5 rings (SSSR count). The largest absolute Gasteiger partial charge is 0.477 e. The first-order chi connectivity index (χ1) is 22.3. The van der Waals surface area contributed by atoms with Crippen LogP contribution in [-0.4, -0.2) is 66.2 Å². The van der Waals surface area contributed by atoms with Crippen molar-refractivity contribution in [1.82, 2.24) is 35.2 Å². The maximum absolute atomic E-state index is 13.0. The SMILES string of the molecule is C=CCOC(=O)c1ccc2c(c1C)CC[C@@H]2NC(=O)c1cc(C(=O)O)nc2ncnn12.N#Cc1cc(CNC(=O)C(F)(F)F)ccn1. The zero-order chi connectivity index (χ0) is 34.3. The second kappa shape index (κ2) is 14.3. The third-order valence-corrected chi connectivity index (χ3v) is 6.90. The molecule has 1 atom stereocenters. The molecule has 14 nitrogen and oxygen atoms in total. The van der Waals surface area contributed by atoms with E-state index in [1.165, 1.54) is 41.3 Å². The van der Waals surface area contributed by atoms with Crippen LogP contribution in [0.2, 0.25) is 0 Å². The maximum Gasteiger partial charge on any atom is 0.471 e. The number of carboxylic acid groups (broad SMARTS) is 1. The number of nitriles is 1. The Morgan fingerprint density at radius 3 is 2.66 bits per heavy atom. The van der Waals surface area contributed by atoms with Gasteiger partial charge in [-0.15, -0.1) is 0 Å². The van der Waals surface area contributed by atoms with Crippen LogP contribution in [0, 0.1) is 18.3 Å². The standard InChI is InChI=1S/C21H19N5O5.C9H6F3N3O/c1-3-8-31-20(30)13-4-5-14-12(11(13)2)6-7-15(14)24-18(27)17-9-16(19(28)29)25-21-22-10-23-26(17)21;10-9(11,12)8(16)15-5-6-1-2-14-7(3-6)4-13/h3-5,9-10,15H,1,6-8H2,2H3,(H,24,27)(H,28,29);1-3H,5H2,(H,15,16)/t15-;/m0./s1. The number of aromatic carboxylic acids is 1. The quantitative estimate of drug-likeness (QED) is 0.187. The monoisotopic (exact) mass is 650 g/mol. The Kier molecular flexibility index (Phi) is 10.2. The molecule has 242 valence electrons. The molecule has 2 amide bonds. The van der Waals surface area contributed by atoms with Gasteiger partial charge >= 0.3 is 24.0 Å². The molecule has 3 aromatic heterocycles. The van der Waals surface area contributed by atoms with Crippen molar-refractivity contribution in [2.45, 2.75) is 38.5 Å². The van der Waals surface area contributed by atoms with Gasteiger partial charge in [0, 0.05) is 18.8 Å². The van der Waals surface area contributed by atoms with Gasteiger partial charge in [0.05, 0.1) is 11.6 Å². The van der Waals surface area contributed by atoms with Gasteiger partial charge in [-0.2, -0.15) is 33.0 Å². The Hall–Kier alpha value is -6.18. The van der Waals surface area contributed by atoms with Gasteiger partial charge in [0.25, 0.3) is 11.7 Å². The van der Waals surface area contributed by atoms with Crippen molar-refractivity contribution in [3.05, 3.63) is 100 Å². The van der Waals surface area contributed by atoms with Gasteiger partial charge in [-0.05, 0) is 60.2 Å². The van der Waals surface area contributed by atoms with E-state index in [1.807, 2.05) is 13.0 Å². The highest BCUT2D eigenvalue weighted by molar-refractivity contribution is 5.96. The predicted molar refractivity (Wildman–Crippen MR) is 155 cm³/mol. The van der Waals surface area contributed by atoms with Gasteiger partial charge < -0.3 is 20.5 Å². The lowest BCUT2D eigenvalue weighted by molar-refractivity contribution is -0.173. The number of fused-ring (bicyclic) bond motifs is 2. The highest BCUT2D eigenvalue weighted by Crippen LogP contribution is 2.35. The normalized spacial score (nSPS) is 13.4. The number of pyridine rings is 1. The number of benzene rings is 1. The molecule has 0 saturated carbocycles. The van der Waals surface area contributed by atoms with Crippen molar-refractivity contribution < 1.29 is 42.2 Å². The number of alkyl halides is 3. The van der Waals surface area contributed by atoms with Crippen LogP contribution in [0.4, 0.5) is 13.2 Å². The van der Waals surface area contributed by atoms with Gasteiger partial charge in [-0.3, -0.25) is 9.59 Å². The number of nitrogens with zero attached hydrogens (tertiary/aromatic N) is 6. The summed E-state index contributed by atoms with van der Waals surface area (Å²) < 4.78 is 41.8. The lowest BCUT2D eigenvalue weighted by atomic mass is 9.98.